The number of benzene rings is 1. The van der Waals surface area contributed by atoms with Crippen molar-refractivity contribution in [3.63, 3.8) is 0 Å². The Bertz CT molecular complexity index is 695. The number of halogens is 1. The van der Waals surface area contributed by atoms with Gasteiger partial charge in [0.1, 0.15) is 5.82 Å². The second kappa shape index (κ2) is 8.42. The molecule has 1 amide bonds. The molecule has 0 saturated carbocycles. The standard InChI is InChI=1S/C18H24FNO3S/c1-14(13-24(22,23)17-9-7-16(19)8-10-17)18(21)20-12-11-15-5-3-2-4-6-15/h5,7-10,14H,2-4,6,11-13H2,1H3,(H,20,21)/t14-/m1/s1. The van der Waals surface area contributed by atoms with E-state index < -0.39 is 21.6 Å². The number of hydrogen-bond donors (Lipinski definition) is 1. The van der Waals surface area contributed by atoms with Crippen LogP contribution < -0.4 is 5.32 Å². The third-order valence-electron chi connectivity index (χ3n) is 4.22. The maximum absolute atomic E-state index is 12.9. The summed E-state index contributed by atoms with van der Waals surface area (Å²) in [6.45, 7) is 2.13. The first kappa shape index (κ1) is 18.6. The summed E-state index contributed by atoms with van der Waals surface area (Å²) in [6.07, 6.45) is 7.68. The van der Waals surface area contributed by atoms with Gasteiger partial charge in [0.15, 0.2) is 9.84 Å². The Morgan fingerprint density at radius 3 is 2.58 bits per heavy atom. The lowest BCUT2D eigenvalue weighted by Gasteiger charge is -2.15. The van der Waals surface area contributed by atoms with Crippen LogP contribution in [-0.4, -0.2) is 26.6 Å². The summed E-state index contributed by atoms with van der Waals surface area (Å²) >= 11 is 0. The molecule has 24 heavy (non-hydrogen) atoms. The van der Waals surface area contributed by atoms with Crippen molar-refractivity contribution in [1.82, 2.24) is 5.32 Å². The number of allylic oxidation sites excluding steroid dienone is 1. The van der Waals surface area contributed by atoms with Gasteiger partial charge in [-0.15, -0.1) is 0 Å². The summed E-state index contributed by atoms with van der Waals surface area (Å²) < 4.78 is 37.4. The van der Waals surface area contributed by atoms with Gasteiger partial charge in [-0.2, -0.15) is 0 Å². The lowest BCUT2D eigenvalue weighted by atomic mass is 9.97. The van der Waals surface area contributed by atoms with Crippen molar-refractivity contribution >= 4 is 15.7 Å². The van der Waals surface area contributed by atoms with Crippen LogP contribution in [0, 0.1) is 11.7 Å². The number of hydrogen-bond acceptors (Lipinski definition) is 3. The second-order valence-corrected chi connectivity index (χ2v) is 8.32. The topological polar surface area (TPSA) is 63.2 Å². The first-order valence-corrected chi connectivity index (χ1v) is 9.97. The van der Waals surface area contributed by atoms with Gasteiger partial charge in [0.2, 0.25) is 5.91 Å². The highest BCUT2D eigenvalue weighted by molar-refractivity contribution is 7.91. The van der Waals surface area contributed by atoms with Crippen LogP contribution in [0.2, 0.25) is 0 Å². The van der Waals surface area contributed by atoms with E-state index >= 15 is 0 Å². The average molecular weight is 353 g/mol. The number of carbonyl (C=O) groups excluding carboxylic acids is 1. The van der Waals surface area contributed by atoms with Crippen LogP contribution >= 0.6 is 0 Å². The Kier molecular flexibility index (Phi) is 6.54. The molecule has 0 unspecified atom stereocenters. The van der Waals surface area contributed by atoms with Crippen molar-refractivity contribution in [2.24, 2.45) is 5.92 Å². The molecule has 2 rings (SSSR count). The fraction of sp³-hybridized carbons (Fsp3) is 0.500. The van der Waals surface area contributed by atoms with Crippen molar-refractivity contribution in [3.8, 4) is 0 Å². The van der Waals surface area contributed by atoms with Crippen molar-refractivity contribution in [1.29, 1.82) is 0 Å². The number of nitrogens with one attached hydrogen (secondary N) is 1. The molecule has 1 aliphatic rings. The summed E-state index contributed by atoms with van der Waals surface area (Å²) in [7, 11) is -3.61. The quantitative estimate of drug-likeness (QED) is 0.605. The first-order chi connectivity index (χ1) is 11.4. The van der Waals surface area contributed by atoms with E-state index in [1.165, 1.54) is 30.5 Å². The molecule has 6 heteroatoms. The number of rotatable bonds is 7. The SMILES string of the molecule is C[C@H](CS(=O)(=O)c1ccc(F)cc1)C(=O)NCCC1=CCCCC1. The Morgan fingerprint density at radius 1 is 1.25 bits per heavy atom. The van der Waals surface area contributed by atoms with E-state index in [2.05, 4.69) is 11.4 Å². The van der Waals surface area contributed by atoms with Crippen LogP contribution in [0.15, 0.2) is 40.8 Å². The van der Waals surface area contributed by atoms with Gasteiger partial charge in [-0.1, -0.05) is 18.6 Å². The summed E-state index contributed by atoms with van der Waals surface area (Å²) in [5, 5.41) is 2.81. The lowest BCUT2D eigenvalue weighted by Crippen LogP contribution is -2.34. The molecule has 0 saturated heterocycles. The van der Waals surface area contributed by atoms with Crippen molar-refractivity contribution in [2.45, 2.75) is 43.9 Å². The smallest absolute Gasteiger partial charge is 0.223 e. The molecule has 0 heterocycles. The fourth-order valence-corrected chi connectivity index (χ4v) is 4.35. The van der Waals surface area contributed by atoms with Gasteiger partial charge in [-0.25, -0.2) is 12.8 Å². The maximum atomic E-state index is 12.9. The summed E-state index contributed by atoms with van der Waals surface area (Å²) in [5.41, 5.74) is 1.37. The molecule has 0 aromatic heterocycles. The number of sulfone groups is 1. The first-order valence-electron chi connectivity index (χ1n) is 8.32. The van der Waals surface area contributed by atoms with E-state index in [1.807, 2.05) is 0 Å². The van der Waals surface area contributed by atoms with E-state index in [0.717, 1.165) is 31.4 Å². The fourth-order valence-electron chi connectivity index (χ4n) is 2.80. The molecule has 0 radical (unpaired) electrons. The monoisotopic (exact) mass is 353 g/mol. The zero-order valence-corrected chi connectivity index (χ0v) is 14.7. The van der Waals surface area contributed by atoms with E-state index in [9.17, 15) is 17.6 Å². The van der Waals surface area contributed by atoms with E-state index in [-0.39, 0.29) is 16.6 Å². The van der Waals surface area contributed by atoms with Crippen LogP contribution in [0.3, 0.4) is 0 Å². The predicted molar refractivity (Wildman–Crippen MR) is 91.8 cm³/mol. The van der Waals surface area contributed by atoms with Gasteiger partial charge in [0, 0.05) is 12.5 Å². The van der Waals surface area contributed by atoms with Gasteiger partial charge in [-0.05, 0) is 56.4 Å². The molecular formula is C18H24FNO3S. The Labute approximate surface area is 143 Å². The molecule has 0 spiro atoms. The Balaban J connectivity index is 1.84. The van der Waals surface area contributed by atoms with Gasteiger partial charge < -0.3 is 5.32 Å². The molecule has 4 nitrogen and oxygen atoms in total. The second-order valence-electron chi connectivity index (χ2n) is 6.29. The van der Waals surface area contributed by atoms with E-state index in [0.29, 0.717) is 6.54 Å². The zero-order chi connectivity index (χ0) is 17.6. The third kappa shape index (κ3) is 5.44. The third-order valence-corrected chi connectivity index (χ3v) is 6.15. The summed E-state index contributed by atoms with van der Waals surface area (Å²) in [6, 6.07) is 4.67. The maximum Gasteiger partial charge on any atom is 0.223 e. The Hall–Kier alpha value is -1.69. The minimum absolute atomic E-state index is 0.0379. The van der Waals surface area contributed by atoms with Gasteiger partial charge in [0.25, 0.3) is 0 Å². The van der Waals surface area contributed by atoms with Crippen molar-refractivity contribution in [2.75, 3.05) is 12.3 Å². The molecule has 132 valence electrons. The molecule has 1 N–H and O–H groups in total. The summed E-state index contributed by atoms with van der Waals surface area (Å²) in [5.74, 6) is -1.69. The van der Waals surface area contributed by atoms with Crippen LogP contribution in [0.1, 0.15) is 39.0 Å². The highest BCUT2D eigenvalue weighted by atomic mass is 32.2. The molecule has 0 aliphatic heterocycles. The van der Waals surface area contributed by atoms with Crippen LogP contribution in [0.25, 0.3) is 0 Å². The van der Waals surface area contributed by atoms with Crippen LogP contribution in [-0.2, 0) is 14.6 Å². The predicted octanol–water partition coefficient (Wildman–Crippen LogP) is 3.24. The lowest BCUT2D eigenvalue weighted by molar-refractivity contribution is -0.123. The zero-order valence-electron chi connectivity index (χ0n) is 13.9. The number of carbonyl (C=O) groups is 1. The van der Waals surface area contributed by atoms with Gasteiger partial charge >= 0.3 is 0 Å². The van der Waals surface area contributed by atoms with Gasteiger partial charge in [0.05, 0.1) is 10.6 Å². The highest BCUT2D eigenvalue weighted by Gasteiger charge is 2.23. The molecule has 0 fully saturated rings. The summed E-state index contributed by atoms with van der Waals surface area (Å²) in [4.78, 5) is 12.1. The highest BCUT2D eigenvalue weighted by Crippen LogP contribution is 2.19. The largest absolute Gasteiger partial charge is 0.356 e. The Morgan fingerprint density at radius 2 is 1.96 bits per heavy atom. The van der Waals surface area contributed by atoms with E-state index in [1.54, 1.807) is 6.92 Å². The molecule has 1 aromatic carbocycles. The van der Waals surface area contributed by atoms with Crippen molar-refractivity contribution in [3.05, 3.63) is 41.7 Å². The van der Waals surface area contributed by atoms with E-state index in [4.69, 9.17) is 0 Å². The molecule has 1 aromatic rings. The van der Waals surface area contributed by atoms with Crippen molar-refractivity contribution < 1.29 is 17.6 Å². The molecular weight excluding hydrogens is 329 g/mol. The average Bonchev–Trinajstić information content (AvgIpc) is 2.55. The molecule has 1 atom stereocenters. The van der Waals surface area contributed by atoms with Crippen LogP contribution in [0.4, 0.5) is 4.39 Å². The molecule has 1 aliphatic carbocycles. The van der Waals surface area contributed by atoms with Gasteiger partial charge in [-0.3, -0.25) is 4.79 Å². The minimum atomic E-state index is -3.61. The number of amides is 1. The minimum Gasteiger partial charge on any atom is -0.356 e. The normalized spacial score (nSPS) is 16.3. The molecule has 0 bridgehead atoms. The van der Waals surface area contributed by atoms with Crippen LogP contribution in [0.5, 0.6) is 0 Å².